The van der Waals surface area contributed by atoms with E-state index in [0.29, 0.717) is 18.9 Å². The van der Waals surface area contributed by atoms with E-state index in [4.69, 9.17) is 5.73 Å². The van der Waals surface area contributed by atoms with Crippen LogP contribution in [0.15, 0.2) is 12.7 Å². The first kappa shape index (κ1) is 9.26. The molecule has 3 heteroatoms. The Morgan fingerprint density at radius 3 is 2.92 bits per heavy atom. The number of carbonyl (C=O) groups is 1. The molecule has 0 saturated heterocycles. The van der Waals surface area contributed by atoms with Crippen molar-refractivity contribution < 1.29 is 4.79 Å². The summed E-state index contributed by atoms with van der Waals surface area (Å²) < 4.78 is 0. The van der Waals surface area contributed by atoms with E-state index in [-0.39, 0.29) is 11.9 Å². The van der Waals surface area contributed by atoms with Gasteiger partial charge in [0.15, 0.2) is 0 Å². The third-order valence-corrected chi connectivity index (χ3v) is 2.09. The van der Waals surface area contributed by atoms with Crippen LogP contribution in [0.3, 0.4) is 0 Å². The van der Waals surface area contributed by atoms with Gasteiger partial charge in [0, 0.05) is 19.0 Å². The van der Waals surface area contributed by atoms with E-state index in [9.17, 15) is 4.79 Å². The lowest BCUT2D eigenvalue weighted by Gasteiger charge is -2.08. The second-order valence-corrected chi connectivity index (χ2v) is 3.30. The molecular formula is C9H16N2O. The molecule has 3 N–H and O–H groups in total. The Labute approximate surface area is 73.0 Å². The molecule has 1 unspecified atom stereocenters. The maximum Gasteiger partial charge on any atom is 0.221 e. The molecule has 0 aliphatic heterocycles. The van der Waals surface area contributed by atoms with Gasteiger partial charge in [0.25, 0.3) is 0 Å². The monoisotopic (exact) mass is 168 g/mol. The number of amides is 1. The van der Waals surface area contributed by atoms with Gasteiger partial charge in [-0.3, -0.25) is 4.79 Å². The molecule has 0 bridgehead atoms. The topological polar surface area (TPSA) is 55.1 Å². The van der Waals surface area contributed by atoms with Crippen molar-refractivity contribution in [2.45, 2.75) is 25.3 Å². The van der Waals surface area contributed by atoms with Crippen molar-refractivity contribution in [3.05, 3.63) is 12.7 Å². The molecule has 68 valence electrons. The molecule has 1 aliphatic carbocycles. The summed E-state index contributed by atoms with van der Waals surface area (Å²) in [6, 6.07) is 0.0646. The van der Waals surface area contributed by atoms with Gasteiger partial charge in [0.05, 0.1) is 0 Å². The van der Waals surface area contributed by atoms with Crippen molar-refractivity contribution in [3.8, 4) is 0 Å². The number of hydrogen-bond acceptors (Lipinski definition) is 2. The molecule has 0 aromatic carbocycles. The van der Waals surface area contributed by atoms with Crippen LogP contribution >= 0.6 is 0 Å². The van der Waals surface area contributed by atoms with Crippen molar-refractivity contribution in [2.75, 3.05) is 6.54 Å². The Bertz CT molecular complexity index is 175. The Hall–Kier alpha value is -0.830. The summed E-state index contributed by atoms with van der Waals surface area (Å²) >= 11 is 0. The summed E-state index contributed by atoms with van der Waals surface area (Å²) in [7, 11) is 0. The maximum atomic E-state index is 11.1. The fraction of sp³-hybridized carbons (Fsp3) is 0.667. The number of hydrogen-bond donors (Lipinski definition) is 2. The van der Waals surface area contributed by atoms with Crippen LogP contribution in [0.5, 0.6) is 0 Å². The van der Waals surface area contributed by atoms with Gasteiger partial charge < -0.3 is 11.1 Å². The van der Waals surface area contributed by atoms with Crippen molar-refractivity contribution >= 4 is 5.91 Å². The average molecular weight is 168 g/mol. The zero-order valence-electron chi connectivity index (χ0n) is 7.25. The number of carbonyl (C=O) groups excluding carboxylic acids is 1. The first-order valence-electron chi connectivity index (χ1n) is 4.37. The highest BCUT2D eigenvalue weighted by Crippen LogP contribution is 2.32. The highest BCUT2D eigenvalue weighted by atomic mass is 16.1. The van der Waals surface area contributed by atoms with Gasteiger partial charge in [-0.1, -0.05) is 6.08 Å². The van der Waals surface area contributed by atoms with E-state index in [1.165, 1.54) is 12.8 Å². The molecule has 0 heterocycles. The van der Waals surface area contributed by atoms with Gasteiger partial charge in [0.1, 0.15) is 0 Å². The Kier molecular flexibility index (Phi) is 3.29. The third kappa shape index (κ3) is 3.05. The molecular weight excluding hydrogens is 152 g/mol. The minimum absolute atomic E-state index is 0.0364. The summed E-state index contributed by atoms with van der Waals surface area (Å²) in [4.78, 5) is 11.1. The van der Waals surface area contributed by atoms with Crippen molar-refractivity contribution in [1.29, 1.82) is 0 Å². The van der Waals surface area contributed by atoms with Gasteiger partial charge in [0.2, 0.25) is 5.91 Å². The van der Waals surface area contributed by atoms with E-state index in [0.717, 1.165) is 0 Å². The molecule has 1 rings (SSSR count). The van der Waals surface area contributed by atoms with Crippen LogP contribution < -0.4 is 11.1 Å². The van der Waals surface area contributed by atoms with Gasteiger partial charge in [-0.2, -0.15) is 0 Å². The minimum Gasteiger partial charge on any atom is -0.353 e. The molecule has 0 aromatic rings. The van der Waals surface area contributed by atoms with Crippen LogP contribution in [0.1, 0.15) is 19.3 Å². The fourth-order valence-electron chi connectivity index (χ4n) is 1.16. The SMILES string of the molecule is C=CCNC(=O)CC(N)C1CC1. The summed E-state index contributed by atoms with van der Waals surface area (Å²) in [5, 5.41) is 2.71. The van der Waals surface area contributed by atoms with Gasteiger partial charge in [-0.15, -0.1) is 6.58 Å². The first-order valence-corrected chi connectivity index (χ1v) is 4.37. The number of nitrogens with two attached hydrogens (primary N) is 1. The van der Waals surface area contributed by atoms with Crippen molar-refractivity contribution in [2.24, 2.45) is 11.7 Å². The molecule has 1 aliphatic rings. The van der Waals surface area contributed by atoms with E-state index >= 15 is 0 Å². The van der Waals surface area contributed by atoms with Crippen molar-refractivity contribution in [3.63, 3.8) is 0 Å². The zero-order chi connectivity index (χ0) is 8.97. The highest BCUT2D eigenvalue weighted by molar-refractivity contribution is 5.76. The second-order valence-electron chi connectivity index (χ2n) is 3.30. The molecule has 3 nitrogen and oxygen atoms in total. The zero-order valence-corrected chi connectivity index (χ0v) is 7.25. The predicted molar refractivity (Wildman–Crippen MR) is 48.5 cm³/mol. The lowest BCUT2D eigenvalue weighted by atomic mass is 10.1. The second kappa shape index (κ2) is 4.26. The molecule has 1 atom stereocenters. The summed E-state index contributed by atoms with van der Waals surface area (Å²) in [6.45, 7) is 4.05. The minimum atomic E-state index is 0.0364. The van der Waals surface area contributed by atoms with E-state index in [1.54, 1.807) is 6.08 Å². The molecule has 0 spiro atoms. The Balaban J connectivity index is 2.11. The first-order chi connectivity index (χ1) is 5.74. The number of nitrogens with one attached hydrogen (secondary N) is 1. The van der Waals surface area contributed by atoms with Crippen LogP contribution in [-0.4, -0.2) is 18.5 Å². The van der Waals surface area contributed by atoms with Crippen LogP contribution in [0, 0.1) is 5.92 Å². The van der Waals surface area contributed by atoms with Gasteiger partial charge >= 0.3 is 0 Å². The lowest BCUT2D eigenvalue weighted by molar-refractivity contribution is -0.121. The predicted octanol–water partition coefficient (Wildman–Crippen LogP) is 0.416. The standard InChI is InChI=1S/C9H16N2O/c1-2-5-11-9(12)6-8(10)7-3-4-7/h2,7-8H,1,3-6,10H2,(H,11,12). The molecule has 0 radical (unpaired) electrons. The van der Waals surface area contributed by atoms with Crippen molar-refractivity contribution in [1.82, 2.24) is 5.32 Å². The van der Waals surface area contributed by atoms with Crippen LogP contribution in [0.2, 0.25) is 0 Å². The van der Waals surface area contributed by atoms with Gasteiger partial charge in [-0.05, 0) is 18.8 Å². The smallest absolute Gasteiger partial charge is 0.221 e. The van der Waals surface area contributed by atoms with Crippen LogP contribution in [0.4, 0.5) is 0 Å². The summed E-state index contributed by atoms with van der Waals surface area (Å²) in [6.07, 6.45) is 4.50. The summed E-state index contributed by atoms with van der Waals surface area (Å²) in [5.74, 6) is 0.633. The third-order valence-electron chi connectivity index (χ3n) is 2.09. The van der Waals surface area contributed by atoms with Gasteiger partial charge in [-0.25, -0.2) is 0 Å². The quantitative estimate of drug-likeness (QED) is 0.584. The van der Waals surface area contributed by atoms with E-state index in [1.807, 2.05) is 0 Å². The van der Waals surface area contributed by atoms with E-state index in [2.05, 4.69) is 11.9 Å². The maximum absolute atomic E-state index is 11.1. The summed E-state index contributed by atoms with van der Waals surface area (Å²) in [5.41, 5.74) is 5.76. The largest absolute Gasteiger partial charge is 0.353 e. The molecule has 1 amide bonds. The Morgan fingerprint density at radius 2 is 2.42 bits per heavy atom. The van der Waals surface area contributed by atoms with Crippen LogP contribution in [0.25, 0.3) is 0 Å². The normalized spacial score (nSPS) is 18.4. The molecule has 1 saturated carbocycles. The average Bonchev–Trinajstić information content (AvgIpc) is 2.82. The number of rotatable bonds is 5. The fourth-order valence-corrected chi connectivity index (χ4v) is 1.16. The highest BCUT2D eigenvalue weighted by Gasteiger charge is 2.29. The lowest BCUT2D eigenvalue weighted by Crippen LogP contribution is -2.32. The molecule has 0 aromatic heterocycles. The molecule has 1 fully saturated rings. The van der Waals surface area contributed by atoms with E-state index < -0.39 is 0 Å². The molecule has 12 heavy (non-hydrogen) atoms. The van der Waals surface area contributed by atoms with Crippen LogP contribution in [-0.2, 0) is 4.79 Å². The Morgan fingerprint density at radius 1 is 1.75 bits per heavy atom.